The zero-order chi connectivity index (χ0) is 15.3. The van der Waals surface area contributed by atoms with E-state index in [1.54, 1.807) is 35.3 Å². The zero-order valence-corrected chi connectivity index (χ0v) is 14.0. The minimum Gasteiger partial charge on any atom is -0.365 e. The minimum absolute atomic E-state index is 0.0341. The highest BCUT2D eigenvalue weighted by molar-refractivity contribution is 8.02. The van der Waals surface area contributed by atoms with Gasteiger partial charge in [-0.1, -0.05) is 50.5 Å². The van der Waals surface area contributed by atoms with Crippen LogP contribution in [0.2, 0.25) is 0 Å². The van der Waals surface area contributed by atoms with Crippen LogP contribution in [-0.4, -0.2) is 17.3 Å². The number of thiazole rings is 1. The van der Waals surface area contributed by atoms with Crippen molar-refractivity contribution in [2.24, 2.45) is 0 Å². The van der Waals surface area contributed by atoms with Gasteiger partial charge in [0.25, 0.3) is 0 Å². The van der Waals surface area contributed by atoms with E-state index in [4.69, 9.17) is 0 Å². The molecule has 0 radical (unpaired) electrons. The zero-order valence-electron chi connectivity index (χ0n) is 12.4. The molecule has 0 aliphatic heterocycles. The molecule has 5 heteroatoms. The van der Waals surface area contributed by atoms with Crippen molar-refractivity contribution < 1.29 is 4.39 Å². The van der Waals surface area contributed by atoms with Crippen molar-refractivity contribution in [3.8, 4) is 0 Å². The van der Waals surface area contributed by atoms with E-state index < -0.39 is 5.83 Å². The second-order valence-electron chi connectivity index (χ2n) is 4.62. The average molecular weight is 312 g/mol. The molecule has 1 atom stereocenters. The van der Waals surface area contributed by atoms with Crippen LogP contribution in [-0.2, 0) is 0 Å². The van der Waals surface area contributed by atoms with Gasteiger partial charge in [0, 0.05) is 17.9 Å². The molecule has 1 N–H and O–H groups in total. The first kappa shape index (κ1) is 17.0. The standard InChI is InChI=1S/C15H21FN2S2/c1-7-8-12(10(4)16)11(5)19-14-13(9(2)3)18-15(17-6)20-14/h7-9,11H,1,4H2,2-3,5-6H3,(H,17,18)/b12-8+. The molecule has 1 aromatic rings. The Balaban J connectivity index is 3.02. The fraction of sp³-hybridized carbons (Fsp3) is 0.400. The summed E-state index contributed by atoms with van der Waals surface area (Å²) < 4.78 is 14.6. The summed E-state index contributed by atoms with van der Waals surface area (Å²) in [6, 6.07) is 0. The molecule has 1 rings (SSSR count). The smallest absolute Gasteiger partial charge is 0.183 e. The quantitative estimate of drug-likeness (QED) is 0.540. The van der Waals surface area contributed by atoms with E-state index in [-0.39, 0.29) is 5.25 Å². The number of hydrogen-bond acceptors (Lipinski definition) is 4. The van der Waals surface area contributed by atoms with Crippen LogP contribution < -0.4 is 5.32 Å². The maximum Gasteiger partial charge on any atom is 0.183 e. The third-order valence-corrected chi connectivity index (χ3v) is 5.17. The highest BCUT2D eigenvalue weighted by Gasteiger charge is 2.19. The van der Waals surface area contributed by atoms with Gasteiger partial charge in [0.1, 0.15) is 5.83 Å². The summed E-state index contributed by atoms with van der Waals surface area (Å²) in [5.41, 5.74) is 1.62. The molecule has 0 bridgehead atoms. The lowest BCUT2D eigenvalue weighted by Gasteiger charge is -2.14. The first-order valence-corrected chi connectivity index (χ1v) is 8.12. The van der Waals surface area contributed by atoms with Gasteiger partial charge in [0.05, 0.1) is 9.90 Å². The summed E-state index contributed by atoms with van der Waals surface area (Å²) in [6.07, 6.45) is 3.27. The molecular weight excluding hydrogens is 291 g/mol. The third kappa shape index (κ3) is 4.21. The topological polar surface area (TPSA) is 24.9 Å². The van der Waals surface area contributed by atoms with E-state index >= 15 is 0 Å². The minimum atomic E-state index is -0.408. The van der Waals surface area contributed by atoms with Crippen LogP contribution in [0, 0.1) is 0 Å². The predicted octanol–water partition coefficient (Wildman–Crippen LogP) is 5.38. The number of aromatic nitrogens is 1. The molecule has 0 amide bonds. The first-order chi connectivity index (χ1) is 9.40. The van der Waals surface area contributed by atoms with Crippen LogP contribution in [0.25, 0.3) is 0 Å². The number of rotatable bonds is 7. The summed E-state index contributed by atoms with van der Waals surface area (Å²) in [5.74, 6) is -0.0715. The SMILES string of the molecule is C=C/C=C(\C(=C)F)C(C)Sc1sc(NC)nc1C(C)C. The summed E-state index contributed by atoms with van der Waals surface area (Å²) in [6.45, 7) is 13.2. The van der Waals surface area contributed by atoms with Crippen molar-refractivity contribution in [2.45, 2.75) is 36.1 Å². The monoisotopic (exact) mass is 312 g/mol. The normalized spacial score (nSPS) is 13.4. The van der Waals surface area contributed by atoms with Gasteiger partial charge >= 0.3 is 0 Å². The Labute approximate surface area is 128 Å². The highest BCUT2D eigenvalue weighted by atomic mass is 32.2. The van der Waals surface area contributed by atoms with Gasteiger partial charge in [-0.2, -0.15) is 0 Å². The number of hydrogen-bond donors (Lipinski definition) is 1. The highest BCUT2D eigenvalue weighted by Crippen LogP contribution is 2.40. The van der Waals surface area contributed by atoms with Crippen LogP contribution in [0.4, 0.5) is 9.52 Å². The van der Waals surface area contributed by atoms with E-state index in [1.807, 2.05) is 14.0 Å². The van der Waals surface area contributed by atoms with Crippen LogP contribution in [0.3, 0.4) is 0 Å². The average Bonchev–Trinajstić information content (AvgIpc) is 2.78. The fourth-order valence-electron chi connectivity index (χ4n) is 1.67. The number of nitrogens with one attached hydrogen (secondary N) is 1. The van der Waals surface area contributed by atoms with Gasteiger partial charge in [0.15, 0.2) is 5.13 Å². The van der Waals surface area contributed by atoms with Crippen molar-refractivity contribution in [3.63, 3.8) is 0 Å². The first-order valence-electron chi connectivity index (χ1n) is 6.43. The van der Waals surface area contributed by atoms with Gasteiger partial charge in [-0.05, 0) is 12.8 Å². The van der Waals surface area contributed by atoms with E-state index in [1.165, 1.54) is 0 Å². The van der Waals surface area contributed by atoms with Crippen LogP contribution in [0.15, 0.2) is 40.9 Å². The predicted molar refractivity (Wildman–Crippen MR) is 89.6 cm³/mol. The second-order valence-corrected chi connectivity index (χ2v) is 7.23. The van der Waals surface area contributed by atoms with Gasteiger partial charge in [0.2, 0.25) is 0 Å². The molecule has 0 spiro atoms. The molecule has 20 heavy (non-hydrogen) atoms. The lowest BCUT2D eigenvalue weighted by molar-refractivity contribution is 0.649. The number of anilines is 1. The number of nitrogens with zero attached hydrogens (tertiary/aromatic N) is 1. The molecule has 0 aliphatic carbocycles. The summed E-state index contributed by atoms with van der Waals surface area (Å²) in [5, 5.41) is 3.92. The molecule has 1 unspecified atom stereocenters. The molecule has 0 fully saturated rings. The summed E-state index contributed by atoms with van der Waals surface area (Å²) in [4.78, 5) is 4.56. The number of allylic oxidation sites excluding steroid dienone is 3. The third-order valence-electron chi connectivity index (χ3n) is 2.71. The largest absolute Gasteiger partial charge is 0.365 e. The van der Waals surface area contributed by atoms with E-state index in [0.717, 1.165) is 15.0 Å². The molecule has 1 heterocycles. The Morgan fingerprint density at radius 3 is 2.55 bits per heavy atom. The van der Waals surface area contributed by atoms with Gasteiger partial charge < -0.3 is 5.32 Å². The fourth-order valence-corrected chi connectivity index (χ4v) is 4.40. The molecule has 0 saturated heterocycles. The Kier molecular flexibility index (Phi) is 6.49. The summed E-state index contributed by atoms with van der Waals surface area (Å²) >= 11 is 3.21. The maximum atomic E-state index is 13.5. The van der Waals surface area contributed by atoms with Crippen molar-refractivity contribution in [3.05, 3.63) is 42.4 Å². The second kappa shape index (κ2) is 7.64. The van der Waals surface area contributed by atoms with Crippen molar-refractivity contribution in [1.29, 1.82) is 0 Å². The molecule has 110 valence electrons. The molecule has 1 aromatic heterocycles. The van der Waals surface area contributed by atoms with E-state index in [0.29, 0.717) is 11.5 Å². The van der Waals surface area contributed by atoms with Gasteiger partial charge in [-0.3, -0.25) is 0 Å². The molecular formula is C15H21FN2S2. The molecule has 0 saturated carbocycles. The lowest BCUT2D eigenvalue weighted by Crippen LogP contribution is -2.02. The van der Waals surface area contributed by atoms with Gasteiger partial charge in [-0.15, -0.1) is 11.8 Å². The van der Waals surface area contributed by atoms with E-state index in [9.17, 15) is 4.39 Å². The Morgan fingerprint density at radius 2 is 2.10 bits per heavy atom. The van der Waals surface area contributed by atoms with Gasteiger partial charge in [-0.25, -0.2) is 9.37 Å². The lowest BCUT2D eigenvalue weighted by atomic mass is 10.1. The van der Waals surface area contributed by atoms with Crippen LogP contribution in [0.5, 0.6) is 0 Å². The number of halogens is 1. The molecule has 0 aliphatic rings. The van der Waals surface area contributed by atoms with Crippen molar-refractivity contribution in [1.82, 2.24) is 4.98 Å². The number of thioether (sulfide) groups is 1. The van der Waals surface area contributed by atoms with Crippen LogP contribution >= 0.6 is 23.1 Å². The van der Waals surface area contributed by atoms with Crippen molar-refractivity contribution in [2.75, 3.05) is 12.4 Å². The molecule has 2 nitrogen and oxygen atoms in total. The molecule has 0 aromatic carbocycles. The van der Waals surface area contributed by atoms with Crippen LogP contribution in [0.1, 0.15) is 32.4 Å². The summed E-state index contributed by atoms with van der Waals surface area (Å²) in [7, 11) is 1.85. The maximum absolute atomic E-state index is 13.5. The Morgan fingerprint density at radius 1 is 1.45 bits per heavy atom. The Hall–Kier alpha value is -1.07. The Bertz CT molecular complexity index is 518. The van der Waals surface area contributed by atoms with E-state index in [2.05, 4.69) is 37.3 Å². The van der Waals surface area contributed by atoms with Crippen molar-refractivity contribution >= 4 is 28.2 Å².